The van der Waals surface area contributed by atoms with Crippen molar-refractivity contribution in [3.05, 3.63) is 104 Å². The van der Waals surface area contributed by atoms with Crippen molar-refractivity contribution >= 4 is 41.0 Å². The van der Waals surface area contributed by atoms with Crippen molar-refractivity contribution in [3.63, 3.8) is 0 Å². The third kappa shape index (κ3) is 11.9. The van der Waals surface area contributed by atoms with Crippen LogP contribution in [0, 0.1) is 18.3 Å². The summed E-state index contributed by atoms with van der Waals surface area (Å²) in [7, 11) is 0. The molecule has 1 unspecified atom stereocenters. The maximum absolute atomic E-state index is 12.9. The second-order valence-corrected chi connectivity index (χ2v) is 12.3. The third-order valence-electron chi connectivity index (χ3n) is 6.57. The highest BCUT2D eigenvalue weighted by atomic mass is 32.1. The molecule has 1 aromatic carbocycles. The lowest BCUT2D eigenvalue weighted by atomic mass is 10.1. The fourth-order valence-electron chi connectivity index (χ4n) is 4.27. The number of rotatable bonds is 10. The van der Waals surface area contributed by atoms with Crippen molar-refractivity contribution < 1.29 is 9.53 Å². The first-order valence-corrected chi connectivity index (χ1v) is 16.7. The molecule has 0 spiro atoms. The van der Waals surface area contributed by atoms with E-state index in [0.717, 1.165) is 39.7 Å². The van der Waals surface area contributed by atoms with Crippen LogP contribution in [0.1, 0.15) is 101 Å². The van der Waals surface area contributed by atoms with Crippen LogP contribution in [0.15, 0.2) is 71.4 Å². The molecule has 2 aromatic heterocycles. The second kappa shape index (κ2) is 20.7. The van der Waals surface area contributed by atoms with Gasteiger partial charge in [-0.3, -0.25) is 14.2 Å². The zero-order chi connectivity index (χ0) is 34.8. The van der Waals surface area contributed by atoms with E-state index in [9.17, 15) is 9.59 Å². The summed E-state index contributed by atoms with van der Waals surface area (Å²) < 4.78 is 7.63. The number of carbonyl (C=O) groups is 1. The van der Waals surface area contributed by atoms with Gasteiger partial charge < -0.3 is 21.2 Å². The Hall–Kier alpha value is -4.24. The molecule has 3 heterocycles. The Morgan fingerprint density at radius 1 is 1.26 bits per heavy atom. The number of benzene rings is 1. The number of ether oxygens (including phenoxy) is 1. The molecule has 46 heavy (non-hydrogen) atoms. The first-order valence-electron chi connectivity index (χ1n) is 15.9. The molecule has 1 aliphatic rings. The minimum atomic E-state index is -0.640. The van der Waals surface area contributed by atoms with Gasteiger partial charge in [-0.2, -0.15) is 0 Å². The van der Waals surface area contributed by atoms with E-state index in [4.69, 9.17) is 15.9 Å². The van der Waals surface area contributed by atoms with Crippen molar-refractivity contribution in [2.75, 3.05) is 11.9 Å². The van der Waals surface area contributed by atoms with Gasteiger partial charge in [-0.25, -0.2) is 4.98 Å². The van der Waals surface area contributed by atoms with Crippen molar-refractivity contribution in [1.82, 2.24) is 9.55 Å². The molecule has 0 saturated heterocycles. The standard InChI is InChI=1S/C23H28N4O3.C8H9NS.C4H10.C2H6/c1-4-15(3)21(16-9-7-6-8-10-16)30-17(5-2)13-25-18-14-26-20-12-11-19(22(24)28)27(20)23(18)29;1-3-8-7(5-9)4-6(2)10-8;1-4(2)3;1-2/h5-10,14,19,25H,4,11-13H2,1-3H3,(H2,24,28);3-5,9H,1H2,2H3;4H,1-3H3;1-2H3/b17-5-,21-15?;;;. The largest absolute Gasteiger partial charge is 0.460 e. The molecular formula is C37H53N5O3S. The normalized spacial score (nSPS) is 13.8. The number of nitrogens with two attached hydrogens (primary N) is 1. The molecule has 0 saturated carbocycles. The molecule has 1 aliphatic heterocycles. The summed E-state index contributed by atoms with van der Waals surface area (Å²) in [4.78, 5) is 31.2. The number of anilines is 1. The molecule has 3 aromatic rings. The van der Waals surface area contributed by atoms with Crippen LogP contribution in [0.4, 0.5) is 5.69 Å². The first-order chi connectivity index (χ1) is 22.0. The Balaban J connectivity index is 0.000000546. The summed E-state index contributed by atoms with van der Waals surface area (Å²) in [6.45, 7) is 22.5. The number of allylic oxidation sites excluding steroid dienone is 2. The van der Waals surface area contributed by atoms with Gasteiger partial charge in [-0.05, 0) is 57.2 Å². The van der Waals surface area contributed by atoms with E-state index >= 15 is 0 Å². The number of thiophene rings is 1. The van der Waals surface area contributed by atoms with Gasteiger partial charge in [0, 0.05) is 33.5 Å². The van der Waals surface area contributed by atoms with Gasteiger partial charge in [0.2, 0.25) is 5.91 Å². The minimum absolute atomic E-state index is 0.291. The van der Waals surface area contributed by atoms with Crippen LogP contribution in [0.2, 0.25) is 0 Å². The lowest BCUT2D eigenvalue weighted by Crippen LogP contribution is -2.33. The van der Waals surface area contributed by atoms with Crippen LogP contribution in [-0.2, 0) is 16.0 Å². The maximum atomic E-state index is 12.9. The predicted molar refractivity (Wildman–Crippen MR) is 197 cm³/mol. The van der Waals surface area contributed by atoms with Gasteiger partial charge in [0.1, 0.15) is 29.1 Å². The van der Waals surface area contributed by atoms with Gasteiger partial charge in [-0.15, -0.1) is 11.3 Å². The Labute approximate surface area is 279 Å². The summed E-state index contributed by atoms with van der Waals surface area (Å²) in [6.07, 6.45) is 8.46. The van der Waals surface area contributed by atoms with Crippen LogP contribution in [0.3, 0.4) is 0 Å². The first kappa shape index (κ1) is 39.8. The molecule has 1 atom stereocenters. The van der Waals surface area contributed by atoms with E-state index in [0.29, 0.717) is 36.7 Å². The predicted octanol–water partition coefficient (Wildman–Crippen LogP) is 8.78. The Bertz CT molecular complexity index is 1510. The van der Waals surface area contributed by atoms with Crippen LogP contribution in [0.25, 0.3) is 11.8 Å². The fraction of sp³-hybridized carbons (Fsp3) is 0.405. The summed E-state index contributed by atoms with van der Waals surface area (Å²) in [5.74, 6) is 2.40. The molecule has 250 valence electrons. The molecular weight excluding hydrogens is 595 g/mol. The van der Waals surface area contributed by atoms with E-state index in [1.807, 2.05) is 77.1 Å². The molecule has 0 radical (unpaired) electrons. The SMILES string of the molecule is C/C=C(/CNc1cnc2n(c1=O)C(C(N)=O)CC2)OC(=C(C)CC)c1ccccc1.C=Cc1sc(C)cc1C=N.CC.CC(C)C. The molecule has 1 amide bonds. The fourth-order valence-corrected chi connectivity index (χ4v) is 5.12. The number of hydrogen-bond donors (Lipinski definition) is 3. The minimum Gasteiger partial charge on any atom is -0.460 e. The molecule has 4 N–H and O–H groups in total. The van der Waals surface area contributed by atoms with Gasteiger partial charge in [0.15, 0.2) is 0 Å². The molecule has 0 aliphatic carbocycles. The molecule has 9 heteroatoms. The smallest absolute Gasteiger partial charge is 0.277 e. The number of carbonyl (C=O) groups excluding carboxylic acids is 1. The quantitative estimate of drug-likeness (QED) is 0.150. The van der Waals surface area contributed by atoms with E-state index in [2.05, 4.69) is 44.6 Å². The van der Waals surface area contributed by atoms with Crippen molar-refractivity contribution in [1.29, 1.82) is 5.41 Å². The Morgan fingerprint density at radius 3 is 2.39 bits per heavy atom. The highest BCUT2D eigenvalue weighted by Crippen LogP contribution is 2.26. The average Bonchev–Trinajstić information content (AvgIpc) is 3.66. The molecule has 0 bridgehead atoms. The van der Waals surface area contributed by atoms with Crippen LogP contribution in [0.5, 0.6) is 0 Å². The Morgan fingerprint density at radius 2 is 1.89 bits per heavy atom. The summed E-state index contributed by atoms with van der Waals surface area (Å²) in [5.41, 5.74) is 8.57. The molecule has 0 fully saturated rings. The third-order valence-corrected chi connectivity index (χ3v) is 7.63. The van der Waals surface area contributed by atoms with Crippen molar-refractivity contribution in [2.45, 2.75) is 87.6 Å². The number of primary amides is 1. The summed E-state index contributed by atoms with van der Waals surface area (Å²) >= 11 is 1.67. The van der Waals surface area contributed by atoms with Crippen LogP contribution in [-0.4, -0.2) is 28.2 Å². The van der Waals surface area contributed by atoms with Gasteiger partial charge in [-0.1, -0.05) is 84.5 Å². The highest BCUT2D eigenvalue weighted by Gasteiger charge is 2.29. The van der Waals surface area contributed by atoms with Crippen molar-refractivity contribution in [3.8, 4) is 0 Å². The number of aryl methyl sites for hydroxylation is 2. The topological polar surface area (TPSA) is 123 Å². The number of amides is 1. The van der Waals surface area contributed by atoms with Gasteiger partial charge in [0.25, 0.3) is 5.56 Å². The molecule has 8 nitrogen and oxygen atoms in total. The number of fused-ring (bicyclic) bond motifs is 1. The number of nitrogens with one attached hydrogen (secondary N) is 2. The van der Waals surface area contributed by atoms with Crippen LogP contribution >= 0.6 is 11.3 Å². The second-order valence-electron chi connectivity index (χ2n) is 11.0. The lowest BCUT2D eigenvalue weighted by Gasteiger charge is -2.17. The number of aromatic nitrogens is 2. The van der Waals surface area contributed by atoms with E-state index in [1.54, 1.807) is 17.4 Å². The molecule has 4 rings (SSSR count). The lowest BCUT2D eigenvalue weighted by molar-refractivity contribution is -0.121. The highest BCUT2D eigenvalue weighted by molar-refractivity contribution is 7.13. The number of hydrogen-bond acceptors (Lipinski definition) is 7. The average molecular weight is 648 g/mol. The maximum Gasteiger partial charge on any atom is 0.277 e. The van der Waals surface area contributed by atoms with Gasteiger partial charge >= 0.3 is 0 Å². The number of nitrogens with zero attached hydrogens (tertiary/aromatic N) is 2. The van der Waals surface area contributed by atoms with E-state index in [-0.39, 0.29) is 5.56 Å². The monoisotopic (exact) mass is 647 g/mol. The zero-order valence-corrected chi connectivity index (χ0v) is 29.9. The van der Waals surface area contributed by atoms with Crippen molar-refractivity contribution in [2.24, 2.45) is 11.7 Å². The van der Waals surface area contributed by atoms with E-state index < -0.39 is 11.9 Å². The zero-order valence-electron chi connectivity index (χ0n) is 29.1. The Kier molecular flexibility index (Phi) is 17.9. The van der Waals surface area contributed by atoms with E-state index in [1.165, 1.54) is 21.9 Å². The van der Waals surface area contributed by atoms with Gasteiger partial charge in [0.05, 0.1) is 12.7 Å². The summed E-state index contributed by atoms with van der Waals surface area (Å²) in [6, 6.07) is 11.3. The summed E-state index contributed by atoms with van der Waals surface area (Å²) in [5, 5.41) is 10.1. The van der Waals surface area contributed by atoms with Crippen LogP contribution < -0.4 is 16.6 Å².